The van der Waals surface area contributed by atoms with Crippen molar-refractivity contribution >= 4 is 17.8 Å². The van der Waals surface area contributed by atoms with Gasteiger partial charge in [0.1, 0.15) is 6.54 Å². The molecule has 0 aromatic rings. The molecular formula is C16H28N2O5. The summed E-state index contributed by atoms with van der Waals surface area (Å²) in [6.07, 6.45) is 2.57. The predicted molar refractivity (Wildman–Crippen MR) is 84.9 cm³/mol. The second-order valence-electron chi connectivity index (χ2n) is 6.27. The van der Waals surface area contributed by atoms with E-state index < -0.39 is 5.97 Å². The second kappa shape index (κ2) is 9.50. The second-order valence-corrected chi connectivity index (χ2v) is 6.27. The highest BCUT2D eigenvalue weighted by atomic mass is 16.5. The lowest BCUT2D eigenvalue weighted by Crippen LogP contribution is -2.43. The number of amides is 2. The first-order chi connectivity index (χ1) is 10.8. The van der Waals surface area contributed by atoms with Crippen molar-refractivity contribution in [3.63, 3.8) is 0 Å². The van der Waals surface area contributed by atoms with Crippen LogP contribution in [0.15, 0.2) is 0 Å². The van der Waals surface area contributed by atoms with Gasteiger partial charge in [0.2, 0.25) is 11.8 Å². The van der Waals surface area contributed by atoms with Crippen LogP contribution in [0.2, 0.25) is 0 Å². The SMILES string of the molecule is COCC(C)CC(=O)N1CCCC(N(CC(=O)O)C(C)=O)CC1. The Labute approximate surface area is 137 Å². The van der Waals surface area contributed by atoms with E-state index in [0.29, 0.717) is 32.5 Å². The van der Waals surface area contributed by atoms with Gasteiger partial charge in [0.05, 0.1) is 0 Å². The van der Waals surface area contributed by atoms with Crippen molar-refractivity contribution in [3.05, 3.63) is 0 Å². The Hall–Kier alpha value is -1.63. The molecule has 1 aliphatic rings. The number of methoxy groups -OCH3 is 1. The molecule has 2 unspecified atom stereocenters. The molecule has 0 spiro atoms. The van der Waals surface area contributed by atoms with Crippen LogP contribution >= 0.6 is 0 Å². The van der Waals surface area contributed by atoms with Crippen LogP contribution in [0.1, 0.15) is 39.5 Å². The van der Waals surface area contributed by atoms with E-state index in [9.17, 15) is 14.4 Å². The molecule has 2 amide bonds. The molecule has 7 nitrogen and oxygen atoms in total. The number of nitrogens with zero attached hydrogens (tertiary/aromatic N) is 2. The number of ether oxygens (including phenoxy) is 1. The lowest BCUT2D eigenvalue weighted by molar-refractivity contribution is -0.145. The highest BCUT2D eigenvalue weighted by molar-refractivity contribution is 5.80. The molecule has 1 heterocycles. The number of carbonyl (C=O) groups is 3. The Morgan fingerprint density at radius 2 is 2.00 bits per heavy atom. The van der Waals surface area contributed by atoms with Crippen molar-refractivity contribution in [2.45, 2.75) is 45.6 Å². The van der Waals surface area contributed by atoms with Crippen LogP contribution in [0, 0.1) is 5.92 Å². The first-order valence-corrected chi connectivity index (χ1v) is 8.10. The molecule has 23 heavy (non-hydrogen) atoms. The van der Waals surface area contributed by atoms with Gasteiger partial charge in [0.15, 0.2) is 0 Å². The average Bonchev–Trinajstić information content (AvgIpc) is 2.70. The summed E-state index contributed by atoms with van der Waals surface area (Å²) < 4.78 is 5.06. The molecule has 1 fully saturated rings. The third-order valence-corrected chi connectivity index (χ3v) is 4.18. The maximum absolute atomic E-state index is 12.3. The van der Waals surface area contributed by atoms with Gasteiger partial charge in [-0.15, -0.1) is 0 Å². The fraction of sp³-hybridized carbons (Fsp3) is 0.812. The zero-order valence-corrected chi connectivity index (χ0v) is 14.3. The summed E-state index contributed by atoms with van der Waals surface area (Å²) in [5.74, 6) is -0.966. The molecule has 132 valence electrons. The molecule has 1 aliphatic heterocycles. The van der Waals surface area contributed by atoms with Crippen molar-refractivity contribution < 1.29 is 24.2 Å². The molecule has 0 saturated carbocycles. The van der Waals surface area contributed by atoms with Crippen molar-refractivity contribution in [3.8, 4) is 0 Å². The minimum absolute atomic E-state index is 0.0998. The van der Waals surface area contributed by atoms with Crippen molar-refractivity contribution in [2.24, 2.45) is 5.92 Å². The zero-order valence-electron chi connectivity index (χ0n) is 14.3. The summed E-state index contributed by atoms with van der Waals surface area (Å²) in [7, 11) is 1.62. The maximum Gasteiger partial charge on any atom is 0.323 e. The van der Waals surface area contributed by atoms with E-state index in [1.807, 2.05) is 11.8 Å². The van der Waals surface area contributed by atoms with Crippen LogP contribution in [0.3, 0.4) is 0 Å². The molecule has 7 heteroatoms. The van der Waals surface area contributed by atoms with E-state index in [1.54, 1.807) is 7.11 Å². The van der Waals surface area contributed by atoms with Gasteiger partial charge in [-0.1, -0.05) is 6.92 Å². The van der Waals surface area contributed by atoms with Gasteiger partial charge in [-0.2, -0.15) is 0 Å². The van der Waals surface area contributed by atoms with Gasteiger partial charge in [0, 0.05) is 46.2 Å². The number of rotatable bonds is 7. The van der Waals surface area contributed by atoms with E-state index in [2.05, 4.69) is 0 Å². The van der Waals surface area contributed by atoms with Gasteiger partial charge in [-0.05, 0) is 25.2 Å². The minimum atomic E-state index is -1.01. The van der Waals surface area contributed by atoms with E-state index in [-0.39, 0.29) is 30.3 Å². The largest absolute Gasteiger partial charge is 0.480 e. The monoisotopic (exact) mass is 328 g/mol. The van der Waals surface area contributed by atoms with Crippen LogP contribution in [-0.2, 0) is 19.1 Å². The normalized spacial score (nSPS) is 19.8. The summed E-state index contributed by atoms with van der Waals surface area (Å²) in [5, 5.41) is 8.95. The van der Waals surface area contributed by atoms with Gasteiger partial charge < -0.3 is 19.6 Å². The van der Waals surface area contributed by atoms with Crippen molar-refractivity contribution in [1.82, 2.24) is 9.80 Å². The number of carboxylic acids is 1. The number of hydrogen-bond acceptors (Lipinski definition) is 4. The number of likely N-dealkylation sites (tertiary alicyclic amines) is 1. The maximum atomic E-state index is 12.3. The zero-order chi connectivity index (χ0) is 17.4. The molecule has 2 atom stereocenters. The summed E-state index contributed by atoms with van der Waals surface area (Å²) >= 11 is 0. The van der Waals surface area contributed by atoms with E-state index >= 15 is 0 Å². The number of aliphatic carboxylic acids is 1. The molecule has 0 aromatic heterocycles. The van der Waals surface area contributed by atoms with Crippen LogP contribution in [0.25, 0.3) is 0 Å². The third-order valence-electron chi connectivity index (χ3n) is 4.18. The molecular weight excluding hydrogens is 300 g/mol. The Morgan fingerprint density at radius 1 is 1.30 bits per heavy atom. The van der Waals surface area contributed by atoms with Gasteiger partial charge in [-0.3, -0.25) is 14.4 Å². The lowest BCUT2D eigenvalue weighted by Gasteiger charge is -2.29. The highest BCUT2D eigenvalue weighted by Gasteiger charge is 2.27. The van der Waals surface area contributed by atoms with Gasteiger partial charge >= 0.3 is 5.97 Å². The summed E-state index contributed by atoms with van der Waals surface area (Å²) in [6, 6.07) is -0.113. The average molecular weight is 328 g/mol. The van der Waals surface area contributed by atoms with E-state index in [0.717, 1.165) is 12.8 Å². The molecule has 0 aliphatic carbocycles. The third kappa shape index (κ3) is 6.56. The molecule has 0 aromatic carbocycles. The number of carboxylic acid groups (broad SMARTS) is 1. The molecule has 0 radical (unpaired) electrons. The van der Waals surface area contributed by atoms with Crippen molar-refractivity contribution in [2.75, 3.05) is 33.4 Å². The summed E-state index contributed by atoms with van der Waals surface area (Å²) in [5.41, 5.74) is 0. The molecule has 1 N–H and O–H groups in total. The van der Waals surface area contributed by atoms with Crippen LogP contribution in [0.5, 0.6) is 0 Å². The van der Waals surface area contributed by atoms with Crippen LogP contribution in [-0.4, -0.2) is 72.1 Å². The lowest BCUT2D eigenvalue weighted by atomic mass is 10.1. The van der Waals surface area contributed by atoms with Crippen molar-refractivity contribution in [1.29, 1.82) is 0 Å². The van der Waals surface area contributed by atoms with Crippen LogP contribution < -0.4 is 0 Å². The fourth-order valence-corrected chi connectivity index (χ4v) is 3.05. The topological polar surface area (TPSA) is 87.2 Å². The standard InChI is InChI=1S/C16H28N2O5/c1-12(11-23-3)9-15(20)17-7-4-5-14(6-8-17)18(13(2)19)10-16(21)22/h12,14H,4-11H2,1-3H3,(H,21,22). The number of carbonyl (C=O) groups excluding carboxylic acids is 2. The van der Waals surface area contributed by atoms with Gasteiger partial charge in [-0.25, -0.2) is 0 Å². The fourth-order valence-electron chi connectivity index (χ4n) is 3.05. The Balaban J connectivity index is 2.59. The Bertz CT molecular complexity index is 427. The first kappa shape index (κ1) is 19.4. The van der Waals surface area contributed by atoms with E-state index in [4.69, 9.17) is 9.84 Å². The Kier molecular flexibility index (Phi) is 8.02. The molecule has 1 saturated heterocycles. The highest BCUT2D eigenvalue weighted by Crippen LogP contribution is 2.18. The quantitative estimate of drug-likeness (QED) is 0.752. The first-order valence-electron chi connectivity index (χ1n) is 8.10. The van der Waals surface area contributed by atoms with E-state index in [1.165, 1.54) is 11.8 Å². The predicted octanol–water partition coefficient (Wildman–Crippen LogP) is 0.973. The minimum Gasteiger partial charge on any atom is -0.480 e. The smallest absolute Gasteiger partial charge is 0.323 e. The molecule has 0 bridgehead atoms. The summed E-state index contributed by atoms with van der Waals surface area (Å²) in [4.78, 5) is 38.2. The number of hydrogen-bond donors (Lipinski definition) is 1. The van der Waals surface area contributed by atoms with Gasteiger partial charge in [0.25, 0.3) is 0 Å². The summed E-state index contributed by atoms with van der Waals surface area (Å²) in [6.45, 7) is 4.87. The van der Waals surface area contributed by atoms with Crippen LogP contribution in [0.4, 0.5) is 0 Å². The molecule has 1 rings (SSSR count). The Morgan fingerprint density at radius 3 is 2.57 bits per heavy atom.